The van der Waals surface area contributed by atoms with Gasteiger partial charge in [-0.15, -0.1) is 11.3 Å². The van der Waals surface area contributed by atoms with Gasteiger partial charge in [0.25, 0.3) is 17.6 Å². The molecular weight excluding hydrogens is 464 g/mol. The van der Waals surface area contributed by atoms with E-state index in [2.05, 4.69) is 15.7 Å². The van der Waals surface area contributed by atoms with Gasteiger partial charge < -0.3 is 15.4 Å². The molecule has 1 aliphatic carbocycles. The SMILES string of the molecule is COCCCNC(=O)c1c(NC(=O)C(=O)c2c(C)nn(-c3ccccc3)c2C)sc2c1CCCC2. The topological polar surface area (TPSA) is 102 Å². The van der Waals surface area contributed by atoms with Gasteiger partial charge in [-0.25, -0.2) is 4.68 Å². The van der Waals surface area contributed by atoms with E-state index < -0.39 is 11.7 Å². The number of aromatic nitrogens is 2. The molecule has 0 atom stereocenters. The number of anilines is 1. The minimum atomic E-state index is -0.768. The maximum absolute atomic E-state index is 13.2. The van der Waals surface area contributed by atoms with Crippen LogP contribution in [0.4, 0.5) is 5.00 Å². The molecule has 1 aromatic carbocycles. The highest BCUT2D eigenvalue weighted by molar-refractivity contribution is 7.17. The fourth-order valence-corrected chi connectivity index (χ4v) is 5.75. The van der Waals surface area contributed by atoms with Gasteiger partial charge in [0, 0.05) is 25.1 Å². The number of amides is 2. The Hall–Kier alpha value is -3.30. The van der Waals surface area contributed by atoms with E-state index in [1.54, 1.807) is 25.6 Å². The summed E-state index contributed by atoms with van der Waals surface area (Å²) in [7, 11) is 1.62. The van der Waals surface area contributed by atoms with Gasteiger partial charge in [0.05, 0.1) is 28.2 Å². The predicted octanol–water partition coefficient (Wildman–Crippen LogP) is 4.02. The molecule has 0 fully saturated rings. The van der Waals surface area contributed by atoms with Crippen molar-refractivity contribution >= 4 is 33.9 Å². The minimum absolute atomic E-state index is 0.229. The molecule has 0 saturated carbocycles. The number of ketones is 1. The Kier molecular flexibility index (Phi) is 7.77. The molecule has 2 aromatic heterocycles. The molecule has 1 aliphatic rings. The lowest BCUT2D eigenvalue weighted by Gasteiger charge is -2.13. The summed E-state index contributed by atoms with van der Waals surface area (Å²) >= 11 is 1.39. The van der Waals surface area contributed by atoms with Crippen molar-refractivity contribution in [3.8, 4) is 5.69 Å². The Morgan fingerprint density at radius 1 is 1.09 bits per heavy atom. The molecule has 8 nitrogen and oxygen atoms in total. The van der Waals surface area contributed by atoms with Crippen LogP contribution in [0.15, 0.2) is 30.3 Å². The Labute approximate surface area is 208 Å². The summed E-state index contributed by atoms with van der Waals surface area (Å²) in [6.07, 6.45) is 4.40. The third-order valence-corrected chi connectivity index (χ3v) is 7.37. The number of hydrogen-bond donors (Lipinski definition) is 2. The normalized spacial score (nSPS) is 12.8. The minimum Gasteiger partial charge on any atom is -0.385 e. The van der Waals surface area contributed by atoms with Crippen molar-refractivity contribution in [2.75, 3.05) is 25.6 Å². The number of benzene rings is 1. The van der Waals surface area contributed by atoms with Gasteiger partial charge in [-0.05, 0) is 63.6 Å². The van der Waals surface area contributed by atoms with Crippen LogP contribution in [0.3, 0.4) is 0 Å². The van der Waals surface area contributed by atoms with E-state index in [1.165, 1.54) is 11.3 Å². The monoisotopic (exact) mass is 494 g/mol. The van der Waals surface area contributed by atoms with Crippen molar-refractivity contribution in [3.05, 3.63) is 63.3 Å². The number of ether oxygens (including phenoxy) is 1. The van der Waals surface area contributed by atoms with E-state index >= 15 is 0 Å². The standard InChI is InChI=1S/C26H30N4O4S/c1-16-21(17(2)30(29-16)18-10-5-4-6-11-18)23(31)25(33)28-26-22(24(32)27-14-9-15-34-3)19-12-7-8-13-20(19)35-26/h4-6,10-11H,7-9,12-15H2,1-3H3,(H,27,32)(H,28,33). The summed E-state index contributed by atoms with van der Waals surface area (Å²) < 4.78 is 6.71. The largest absolute Gasteiger partial charge is 0.385 e. The van der Waals surface area contributed by atoms with Crippen molar-refractivity contribution in [2.24, 2.45) is 0 Å². The highest BCUT2D eigenvalue weighted by Gasteiger charge is 2.30. The molecule has 184 valence electrons. The van der Waals surface area contributed by atoms with Crippen LogP contribution < -0.4 is 10.6 Å². The van der Waals surface area contributed by atoms with E-state index in [4.69, 9.17) is 4.74 Å². The second-order valence-corrected chi connectivity index (χ2v) is 9.70. The van der Waals surface area contributed by atoms with Crippen LogP contribution in [-0.2, 0) is 22.4 Å². The molecule has 2 N–H and O–H groups in total. The lowest BCUT2D eigenvalue weighted by atomic mass is 9.95. The van der Waals surface area contributed by atoms with Crippen LogP contribution in [0.2, 0.25) is 0 Å². The molecule has 9 heteroatoms. The molecule has 0 aliphatic heterocycles. The van der Waals surface area contributed by atoms with Crippen molar-refractivity contribution in [2.45, 2.75) is 46.0 Å². The Morgan fingerprint density at radius 2 is 1.83 bits per heavy atom. The number of nitrogens with zero attached hydrogens (tertiary/aromatic N) is 2. The van der Waals surface area contributed by atoms with Gasteiger partial charge in [-0.2, -0.15) is 5.10 Å². The summed E-state index contributed by atoms with van der Waals surface area (Å²) in [5.74, 6) is -1.66. The lowest BCUT2D eigenvalue weighted by molar-refractivity contribution is -0.112. The Bertz CT molecular complexity index is 1250. The smallest absolute Gasteiger partial charge is 0.297 e. The number of aryl methyl sites for hydroxylation is 2. The summed E-state index contributed by atoms with van der Waals surface area (Å²) in [6, 6.07) is 9.46. The fraction of sp³-hybridized carbons (Fsp3) is 0.385. The zero-order valence-electron chi connectivity index (χ0n) is 20.3. The number of para-hydroxylation sites is 1. The zero-order chi connectivity index (χ0) is 24.9. The van der Waals surface area contributed by atoms with Gasteiger partial charge in [0.2, 0.25) is 0 Å². The van der Waals surface area contributed by atoms with Gasteiger partial charge in [0.15, 0.2) is 0 Å². The van der Waals surface area contributed by atoms with Gasteiger partial charge in [0.1, 0.15) is 5.00 Å². The van der Waals surface area contributed by atoms with Crippen molar-refractivity contribution < 1.29 is 19.1 Å². The van der Waals surface area contributed by atoms with Crippen molar-refractivity contribution in [3.63, 3.8) is 0 Å². The quantitative estimate of drug-likeness (QED) is 0.266. The van der Waals surface area contributed by atoms with Crippen molar-refractivity contribution in [1.82, 2.24) is 15.1 Å². The zero-order valence-corrected chi connectivity index (χ0v) is 21.1. The number of hydrogen-bond acceptors (Lipinski definition) is 6. The number of fused-ring (bicyclic) bond motifs is 1. The Morgan fingerprint density at radius 3 is 2.57 bits per heavy atom. The molecule has 2 amide bonds. The van der Waals surface area contributed by atoms with Crippen molar-refractivity contribution in [1.29, 1.82) is 0 Å². The van der Waals surface area contributed by atoms with E-state index in [-0.39, 0.29) is 11.5 Å². The van der Waals surface area contributed by atoms with E-state index in [9.17, 15) is 14.4 Å². The van der Waals surface area contributed by atoms with Gasteiger partial charge in [-0.3, -0.25) is 14.4 Å². The van der Waals surface area contributed by atoms with Gasteiger partial charge >= 0.3 is 0 Å². The van der Waals surface area contributed by atoms with Crippen LogP contribution >= 0.6 is 11.3 Å². The molecule has 3 aromatic rings. The number of carbonyl (C=O) groups is 3. The first-order valence-corrected chi connectivity index (χ1v) is 12.6. The molecule has 0 unspecified atom stereocenters. The summed E-state index contributed by atoms with van der Waals surface area (Å²) in [5.41, 5.74) is 3.63. The first-order chi connectivity index (χ1) is 16.9. The maximum Gasteiger partial charge on any atom is 0.297 e. The van der Waals surface area contributed by atoms with Crippen LogP contribution in [0.5, 0.6) is 0 Å². The lowest BCUT2D eigenvalue weighted by Crippen LogP contribution is -2.29. The third-order valence-electron chi connectivity index (χ3n) is 6.16. The number of methoxy groups -OCH3 is 1. The number of Topliss-reactive ketones (excluding diaryl/α,β-unsaturated/α-hetero) is 1. The van der Waals surface area contributed by atoms with Crippen LogP contribution in [0, 0.1) is 13.8 Å². The molecule has 0 spiro atoms. The predicted molar refractivity (Wildman–Crippen MR) is 136 cm³/mol. The summed E-state index contributed by atoms with van der Waals surface area (Å²) in [5, 5.41) is 10.6. The molecule has 0 bridgehead atoms. The number of thiophene rings is 1. The maximum atomic E-state index is 13.2. The molecular formula is C26H30N4O4S. The molecule has 0 radical (unpaired) electrons. The first kappa shape index (κ1) is 24.8. The summed E-state index contributed by atoms with van der Waals surface area (Å²) in [6.45, 7) is 4.52. The van der Waals surface area contributed by atoms with Crippen LogP contribution in [0.1, 0.15) is 61.8 Å². The van der Waals surface area contributed by atoms with E-state index in [0.717, 1.165) is 41.8 Å². The fourth-order valence-electron chi connectivity index (χ4n) is 4.47. The molecule has 35 heavy (non-hydrogen) atoms. The second-order valence-electron chi connectivity index (χ2n) is 8.59. The summed E-state index contributed by atoms with van der Waals surface area (Å²) in [4.78, 5) is 40.5. The average Bonchev–Trinajstić information content (AvgIpc) is 3.37. The third kappa shape index (κ3) is 5.21. The van der Waals surface area contributed by atoms with Crippen LogP contribution in [0.25, 0.3) is 5.69 Å². The Balaban J connectivity index is 1.58. The van der Waals surface area contributed by atoms with Crippen LogP contribution in [-0.4, -0.2) is 47.6 Å². The highest BCUT2D eigenvalue weighted by Crippen LogP contribution is 2.38. The average molecular weight is 495 g/mol. The number of rotatable bonds is 9. The molecule has 0 saturated heterocycles. The molecule has 2 heterocycles. The molecule has 4 rings (SSSR count). The number of nitrogens with one attached hydrogen (secondary N) is 2. The van der Waals surface area contributed by atoms with E-state index in [0.29, 0.717) is 41.5 Å². The highest BCUT2D eigenvalue weighted by atomic mass is 32.1. The first-order valence-electron chi connectivity index (χ1n) is 11.8. The van der Waals surface area contributed by atoms with Gasteiger partial charge in [-0.1, -0.05) is 18.2 Å². The second kappa shape index (κ2) is 11.0. The number of carbonyl (C=O) groups excluding carboxylic acids is 3. The van der Waals surface area contributed by atoms with E-state index in [1.807, 2.05) is 30.3 Å².